The molecule has 1 amide bonds. The van der Waals surface area contributed by atoms with Crippen LogP contribution in [0.1, 0.15) is 18.6 Å². The molecule has 2 heterocycles. The first-order chi connectivity index (χ1) is 11.5. The highest BCUT2D eigenvalue weighted by Gasteiger charge is 2.29. The van der Waals surface area contributed by atoms with Gasteiger partial charge in [0, 0.05) is 18.8 Å². The number of hydrogen-bond donors (Lipinski definition) is 1. The highest BCUT2D eigenvalue weighted by Crippen LogP contribution is 2.25. The van der Waals surface area contributed by atoms with Gasteiger partial charge in [-0.05, 0) is 12.5 Å². The largest absolute Gasteiger partial charge is 0.367 e. The van der Waals surface area contributed by atoms with E-state index in [0.717, 1.165) is 5.56 Å². The Hall–Kier alpha value is -2.67. The number of carbonyl (C=O) groups is 1. The van der Waals surface area contributed by atoms with Gasteiger partial charge in [0.1, 0.15) is 12.6 Å². The van der Waals surface area contributed by atoms with Gasteiger partial charge in [0.15, 0.2) is 0 Å². The first-order valence-corrected chi connectivity index (χ1v) is 7.81. The zero-order chi connectivity index (χ0) is 17.1. The van der Waals surface area contributed by atoms with Crippen molar-refractivity contribution < 1.29 is 9.53 Å². The van der Waals surface area contributed by atoms with Crippen molar-refractivity contribution in [2.45, 2.75) is 25.7 Å². The summed E-state index contributed by atoms with van der Waals surface area (Å²) in [4.78, 5) is 39.2. The number of aromatic amines is 1. The predicted octanol–water partition coefficient (Wildman–Crippen LogP) is 0.525. The number of H-pyrrole nitrogens is 1. The molecule has 7 nitrogen and oxygen atoms in total. The van der Waals surface area contributed by atoms with Gasteiger partial charge < -0.3 is 9.64 Å². The lowest BCUT2D eigenvalue weighted by Crippen LogP contribution is -2.48. The SMILES string of the molecule is CC1CN(C(=O)Cn2ccc(=O)[nH]c2=O)CC(c2ccccc2)O1. The van der Waals surface area contributed by atoms with Crippen molar-refractivity contribution in [1.82, 2.24) is 14.5 Å². The van der Waals surface area contributed by atoms with E-state index in [1.54, 1.807) is 4.90 Å². The summed E-state index contributed by atoms with van der Waals surface area (Å²) in [6.45, 7) is 2.72. The van der Waals surface area contributed by atoms with Crippen molar-refractivity contribution in [1.29, 1.82) is 0 Å². The van der Waals surface area contributed by atoms with Crippen LogP contribution in [0.4, 0.5) is 0 Å². The number of nitrogens with zero attached hydrogens (tertiary/aromatic N) is 2. The van der Waals surface area contributed by atoms with E-state index < -0.39 is 11.2 Å². The second-order valence-corrected chi connectivity index (χ2v) is 5.88. The van der Waals surface area contributed by atoms with Gasteiger partial charge in [-0.1, -0.05) is 30.3 Å². The second kappa shape index (κ2) is 6.84. The van der Waals surface area contributed by atoms with E-state index in [0.29, 0.717) is 13.1 Å². The number of carbonyl (C=O) groups excluding carboxylic acids is 1. The van der Waals surface area contributed by atoms with E-state index in [4.69, 9.17) is 4.74 Å². The van der Waals surface area contributed by atoms with Crippen molar-refractivity contribution in [3.63, 3.8) is 0 Å². The van der Waals surface area contributed by atoms with Gasteiger partial charge in [-0.25, -0.2) is 4.79 Å². The third-order valence-corrected chi connectivity index (χ3v) is 3.99. The maximum atomic E-state index is 12.5. The molecular weight excluding hydrogens is 310 g/mol. The van der Waals surface area contributed by atoms with Gasteiger partial charge in [0.2, 0.25) is 5.91 Å². The van der Waals surface area contributed by atoms with Gasteiger partial charge in [-0.2, -0.15) is 0 Å². The monoisotopic (exact) mass is 329 g/mol. The Labute approximate surface area is 138 Å². The molecule has 1 aromatic heterocycles. The predicted molar refractivity (Wildman–Crippen MR) is 87.6 cm³/mol. The second-order valence-electron chi connectivity index (χ2n) is 5.88. The van der Waals surface area contributed by atoms with Gasteiger partial charge >= 0.3 is 5.69 Å². The molecule has 1 aliphatic rings. The summed E-state index contributed by atoms with van der Waals surface area (Å²) < 4.78 is 7.13. The maximum Gasteiger partial charge on any atom is 0.328 e. The Bertz CT molecular complexity index is 827. The van der Waals surface area contributed by atoms with Gasteiger partial charge in [0.25, 0.3) is 5.56 Å². The fourth-order valence-corrected chi connectivity index (χ4v) is 2.82. The third kappa shape index (κ3) is 3.62. The molecule has 24 heavy (non-hydrogen) atoms. The minimum atomic E-state index is -0.586. The average Bonchev–Trinajstić information content (AvgIpc) is 2.57. The Morgan fingerprint density at radius 3 is 2.67 bits per heavy atom. The fraction of sp³-hybridized carbons (Fsp3) is 0.353. The third-order valence-electron chi connectivity index (χ3n) is 3.99. The Morgan fingerprint density at radius 1 is 1.21 bits per heavy atom. The van der Waals surface area contributed by atoms with Crippen LogP contribution in [-0.4, -0.2) is 39.6 Å². The van der Waals surface area contributed by atoms with Crippen LogP contribution in [0.3, 0.4) is 0 Å². The topological polar surface area (TPSA) is 84.4 Å². The van der Waals surface area contributed by atoms with Crippen LogP contribution in [0, 0.1) is 0 Å². The van der Waals surface area contributed by atoms with Gasteiger partial charge in [0.05, 0.1) is 12.6 Å². The molecule has 0 saturated carbocycles. The summed E-state index contributed by atoms with van der Waals surface area (Å²) >= 11 is 0. The number of amides is 1. The normalized spacial score (nSPS) is 20.8. The molecule has 0 radical (unpaired) electrons. The number of nitrogens with one attached hydrogen (secondary N) is 1. The molecule has 1 aliphatic heterocycles. The van der Waals surface area contributed by atoms with E-state index >= 15 is 0 Å². The number of ether oxygens (including phenoxy) is 1. The van der Waals surface area contributed by atoms with Crippen LogP contribution in [0.5, 0.6) is 0 Å². The summed E-state index contributed by atoms with van der Waals surface area (Å²) in [6.07, 6.45) is 1.05. The van der Waals surface area contributed by atoms with Crippen molar-refractivity contribution in [2.75, 3.05) is 13.1 Å². The number of rotatable bonds is 3. The van der Waals surface area contributed by atoms with Crippen LogP contribution in [0.25, 0.3) is 0 Å². The molecule has 0 aliphatic carbocycles. The quantitative estimate of drug-likeness (QED) is 0.890. The minimum absolute atomic E-state index is 0.0970. The van der Waals surface area contributed by atoms with E-state index in [-0.39, 0.29) is 24.7 Å². The minimum Gasteiger partial charge on any atom is -0.367 e. The lowest BCUT2D eigenvalue weighted by Gasteiger charge is -2.37. The Kier molecular flexibility index (Phi) is 4.61. The highest BCUT2D eigenvalue weighted by molar-refractivity contribution is 5.76. The molecule has 2 aromatic rings. The molecule has 126 valence electrons. The number of hydrogen-bond acceptors (Lipinski definition) is 4. The molecule has 1 saturated heterocycles. The lowest BCUT2D eigenvalue weighted by atomic mass is 10.1. The van der Waals surface area contributed by atoms with Crippen LogP contribution < -0.4 is 11.2 Å². The summed E-state index contributed by atoms with van der Waals surface area (Å²) in [5, 5.41) is 0. The van der Waals surface area contributed by atoms with E-state index in [1.807, 2.05) is 37.3 Å². The van der Waals surface area contributed by atoms with Crippen molar-refractivity contribution in [3.8, 4) is 0 Å². The fourth-order valence-electron chi connectivity index (χ4n) is 2.82. The van der Waals surface area contributed by atoms with Crippen LogP contribution in [-0.2, 0) is 16.1 Å². The molecule has 1 fully saturated rings. The zero-order valence-corrected chi connectivity index (χ0v) is 13.3. The smallest absolute Gasteiger partial charge is 0.328 e. The average molecular weight is 329 g/mol. The van der Waals surface area contributed by atoms with Crippen molar-refractivity contribution >= 4 is 5.91 Å². The maximum absolute atomic E-state index is 12.5. The highest BCUT2D eigenvalue weighted by atomic mass is 16.5. The van der Waals surface area contributed by atoms with E-state index in [2.05, 4.69) is 4.98 Å². The number of aromatic nitrogens is 2. The lowest BCUT2D eigenvalue weighted by molar-refractivity contribution is -0.145. The molecule has 7 heteroatoms. The number of benzene rings is 1. The Morgan fingerprint density at radius 2 is 1.96 bits per heavy atom. The summed E-state index contributed by atoms with van der Waals surface area (Å²) in [7, 11) is 0. The Balaban J connectivity index is 1.74. The molecule has 2 atom stereocenters. The molecule has 1 N–H and O–H groups in total. The van der Waals surface area contributed by atoms with E-state index in [1.165, 1.54) is 16.8 Å². The summed E-state index contributed by atoms with van der Waals surface area (Å²) in [5.74, 6) is -0.180. The van der Waals surface area contributed by atoms with Crippen molar-refractivity contribution in [3.05, 3.63) is 69.0 Å². The number of morpholine rings is 1. The molecule has 0 spiro atoms. The van der Waals surface area contributed by atoms with Crippen LogP contribution >= 0.6 is 0 Å². The first-order valence-electron chi connectivity index (χ1n) is 7.81. The van der Waals surface area contributed by atoms with Crippen LogP contribution in [0.15, 0.2) is 52.2 Å². The standard InChI is InChI=1S/C17H19N3O4/c1-12-9-20(10-14(24-12)13-5-3-2-4-6-13)16(22)11-19-8-7-15(21)18-17(19)23/h2-8,12,14H,9-11H2,1H3,(H,18,21,23). The molecule has 2 unspecified atom stereocenters. The van der Waals surface area contributed by atoms with Gasteiger partial charge in [-0.15, -0.1) is 0 Å². The molecule has 3 rings (SSSR count). The first kappa shape index (κ1) is 16.2. The summed E-state index contributed by atoms with van der Waals surface area (Å²) in [6, 6.07) is 11.0. The van der Waals surface area contributed by atoms with E-state index in [9.17, 15) is 14.4 Å². The molecular formula is C17H19N3O4. The molecule has 1 aromatic carbocycles. The molecule has 0 bridgehead atoms. The van der Waals surface area contributed by atoms with Crippen LogP contribution in [0.2, 0.25) is 0 Å². The summed E-state index contributed by atoms with van der Waals surface area (Å²) in [5.41, 5.74) is -0.0485. The zero-order valence-electron chi connectivity index (χ0n) is 13.3. The van der Waals surface area contributed by atoms with Gasteiger partial charge in [-0.3, -0.25) is 19.1 Å². The van der Waals surface area contributed by atoms with Crippen molar-refractivity contribution in [2.24, 2.45) is 0 Å².